The van der Waals surface area contributed by atoms with Gasteiger partial charge in [0.1, 0.15) is 5.69 Å². The lowest BCUT2D eigenvalue weighted by atomic mass is 10.0. The Hall–Kier alpha value is -3.92. The van der Waals surface area contributed by atoms with E-state index in [0.29, 0.717) is 28.8 Å². The summed E-state index contributed by atoms with van der Waals surface area (Å²) < 4.78 is 0. The van der Waals surface area contributed by atoms with Crippen molar-refractivity contribution in [3.63, 3.8) is 0 Å². The van der Waals surface area contributed by atoms with Crippen LogP contribution in [-0.2, 0) is 6.42 Å². The topological polar surface area (TPSA) is 59.9 Å². The van der Waals surface area contributed by atoms with Crippen molar-refractivity contribution in [3.05, 3.63) is 130 Å². The molecule has 4 aromatic rings. The average molecular weight is 392 g/mol. The van der Waals surface area contributed by atoms with Gasteiger partial charge < -0.3 is 0 Å². The van der Waals surface area contributed by atoms with Crippen molar-refractivity contribution in [3.8, 4) is 0 Å². The van der Waals surface area contributed by atoms with Gasteiger partial charge in [-0.3, -0.25) is 19.6 Å². The van der Waals surface area contributed by atoms with Gasteiger partial charge in [-0.05, 0) is 42.7 Å². The van der Waals surface area contributed by atoms with Gasteiger partial charge in [0.25, 0.3) is 0 Å². The number of pyridine rings is 2. The number of aromatic nitrogens is 2. The Morgan fingerprint density at radius 1 is 0.700 bits per heavy atom. The zero-order valence-electron chi connectivity index (χ0n) is 16.6. The van der Waals surface area contributed by atoms with E-state index in [9.17, 15) is 9.59 Å². The molecule has 0 unspecified atom stereocenters. The molecule has 4 rings (SSSR count). The van der Waals surface area contributed by atoms with Gasteiger partial charge in [-0.15, -0.1) is 0 Å². The Balaban J connectivity index is 1.44. The fourth-order valence-electron chi connectivity index (χ4n) is 3.19. The van der Waals surface area contributed by atoms with Crippen LogP contribution < -0.4 is 0 Å². The van der Waals surface area contributed by atoms with Gasteiger partial charge in [0.05, 0.1) is 0 Å². The summed E-state index contributed by atoms with van der Waals surface area (Å²) in [7, 11) is 0. The number of carbonyl (C=O) groups is 2. The third-order valence-corrected chi connectivity index (χ3v) is 4.92. The molecule has 2 aromatic carbocycles. The van der Waals surface area contributed by atoms with Crippen LogP contribution in [0, 0.1) is 6.92 Å². The maximum atomic E-state index is 12.5. The molecule has 0 aliphatic carbocycles. The zero-order chi connectivity index (χ0) is 20.9. The molecule has 0 N–H and O–H groups in total. The summed E-state index contributed by atoms with van der Waals surface area (Å²) >= 11 is 0. The van der Waals surface area contributed by atoms with E-state index in [0.717, 1.165) is 16.7 Å². The van der Waals surface area contributed by atoms with Gasteiger partial charge in [-0.25, -0.2) is 0 Å². The highest BCUT2D eigenvalue weighted by molar-refractivity contribution is 6.09. The van der Waals surface area contributed by atoms with Crippen LogP contribution in [0.25, 0.3) is 0 Å². The van der Waals surface area contributed by atoms with Crippen molar-refractivity contribution in [2.75, 3.05) is 0 Å². The molecule has 2 aromatic heterocycles. The molecule has 0 bridgehead atoms. The summed E-state index contributed by atoms with van der Waals surface area (Å²) in [6.45, 7) is 1.99. The lowest BCUT2D eigenvalue weighted by Gasteiger charge is -2.06. The molecule has 0 amide bonds. The van der Waals surface area contributed by atoms with Crippen LogP contribution in [0.5, 0.6) is 0 Å². The summed E-state index contributed by atoms with van der Waals surface area (Å²) in [5.74, 6) is -0.130. The summed E-state index contributed by atoms with van der Waals surface area (Å²) in [6.07, 6.45) is 5.62. The number of hydrogen-bond acceptors (Lipinski definition) is 4. The van der Waals surface area contributed by atoms with E-state index in [2.05, 4.69) is 9.97 Å². The van der Waals surface area contributed by atoms with Gasteiger partial charge in [-0.2, -0.15) is 0 Å². The second-order valence-electron chi connectivity index (χ2n) is 7.19. The maximum Gasteiger partial charge on any atom is 0.211 e. The minimum atomic E-state index is -0.0835. The predicted octanol–water partition coefficient (Wildman–Crippen LogP) is 4.84. The molecule has 0 aliphatic rings. The first-order chi connectivity index (χ1) is 14.6. The second-order valence-corrected chi connectivity index (χ2v) is 7.19. The first kappa shape index (κ1) is 19.4. The van der Waals surface area contributed by atoms with Gasteiger partial charge in [0.15, 0.2) is 5.78 Å². The number of rotatable bonds is 6. The molecule has 146 valence electrons. The van der Waals surface area contributed by atoms with E-state index in [1.54, 1.807) is 36.8 Å². The second kappa shape index (κ2) is 8.62. The maximum absolute atomic E-state index is 12.5. The number of aryl methyl sites for hydroxylation is 1. The lowest BCUT2D eigenvalue weighted by Crippen LogP contribution is -2.04. The number of nitrogens with zero attached hydrogens (tertiary/aromatic N) is 2. The third-order valence-electron chi connectivity index (χ3n) is 4.92. The Morgan fingerprint density at radius 3 is 2.00 bits per heavy atom. The van der Waals surface area contributed by atoms with E-state index >= 15 is 0 Å². The Morgan fingerprint density at radius 2 is 1.37 bits per heavy atom. The normalized spacial score (nSPS) is 10.6. The van der Waals surface area contributed by atoms with Crippen LogP contribution in [0.4, 0.5) is 0 Å². The Kier molecular flexibility index (Phi) is 5.57. The summed E-state index contributed by atoms with van der Waals surface area (Å²) in [5, 5.41) is 0. The van der Waals surface area contributed by atoms with Crippen LogP contribution in [-0.4, -0.2) is 21.5 Å². The molecule has 0 radical (unpaired) electrons. The van der Waals surface area contributed by atoms with Crippen LogP contribution in [0.15, 0.2) is 91.4 Å². The van der Waals surface area contributed by atoms with Crippen molar-refractivity contribution >= 4 is 11.6 Å². The predicted molar refractivity (Wildman–Crippen MR) is 116 cm³/mol. The minimum absolute atomic E-state index is 0.0460. The van der Waals surface area contributed by atoms with Crippen molar-refractivity contribution in [1.29, 1.82) is 0 Å². The largest absolute Gasteiger partial charge is 0.289 e. The molecule has 4 heteroatoms. The molecule has 0 spiro atoms. The number of carbonyl (C=O) groups excluding carboxylic acids is 2. The summed E-state index contributed by atoms with van der Waals surface area (Å²) in [6, 6.07) is 22.2. The van der Waals surface area contributed by atoms with E-state index in [1.165, 1.54) is 0 Å². The molecule has 4 nitrogen and oxygen atoms in total. The summed E-state index contributed by atoms with van der Waals surface area (Å²) in [4.78, 5) is 33.4. The highest BCUT2D eigenvalue weighted by atomic mass is 16.1. The van der Waals surface area contributed by atoms with Crippen molar-refractivity contribution in [2.24, 2.45) is 0 Å². The van der Waals surface area contributed by atoms with Crippen LogP contribution in [0.1, 0.15) is 48.7 Å². The van der Waals surface area contributed by atoms with E-state index in [4.69, 9.17) is 0 Å². The SMILES string of the molecule is Cc1ccc(C(=O)c2ccc(Cc3ccc(C(=O)c4cccnc4)cc3)cn2)cc1. The van der Waals surface area contributed by atoms with Crippen LogP contribution >= 0.6 is 0 Å². The number of hydrogen-bond donors (Lipinski definition) is 0. The minimum Gasteiger partial charge on any atom is -0.289 e. The lowest BCUT2D eigenvalue weighted by molar-refractivity contribution is 0.102. The fourth-order valence-corrected chi connectivity index (χ4v) is 3.19. The first-order valence-corrected chi connectivity index (χ1v) is 9.70. The van der Waals surface area contributed by atoms with Crippen molar-refractivity contribution < 1.29 is 9.59 Å². The van der Waals surface area contributed by atoms with Crippen molar-refractivity contribution in [2.45, 2.75) is 13.3 Å². The van der Waals surface area contributed by atoms with Crippen LogP contribution in [0.2, 0.25) is 0 Å². The quantitative estimate of drug-likeness (QED) is 0.441. The molecule has 0 atom stereocenters. The smallest absolute Gasteiger partial charge is 0.211 e. The van der Waals surface area contributed by atoms with Crippen molar-refractivity contribution in [1.82, 2.24) is 9.97 Å². The van der Waals surface area contributed by atoms with Gasteiger partial charge >= 0.3 is 0 Å². The molecule has 0 fully saturated rings. The Labute approximate surface area is 175 Å². The average Bonchev–Trinajstić information content (AvgIpc) is 2.80. The molecular weight excluding hydrogens is 372 g/mol. The molecule has 0 saturated heterocycles. The molecule has 0 aliphatic heterocycles. The molecule has 2 heterocycles. The number of ketones is 2. The molecular formula is C26H20N2O2. The van der Waals surface area contributed by atoms with Gasteiger partial charge in [0, 0.05) is 35.3 Å². The number of benzene rings is 2. The van der Waals surface area contributed by atoms with Gasteiger partial charge in [0.2, 0.25) is 5.78 Å². The van der Waals surface area contributed by atoms with E-state index < -0.39 is 0 Å². The highest BCUT2D eigenvalue weighted by Crippen LogP contribution is 2.15. The van der Waals surface area contributed by atoms with Crippen LogP contribution in [0.3, 0.4) is 0 Å². The third kappa shape index (κ3) is 4.39. The summed E-state index contributed by atoms with van der Waals surface area (Å²) in [5.41, 5.74) is 5.45. The Bertz CT molecular complexity index is 1160. The standard InChI is InChI=1S/C26H20N2O2/c1-18-4-9-22(10-5-18)26(30)24-13-8-20(16-28-24)15-19-6-11-21(12-7-19)25(29)23-3-2-14-27-17-23/h2-14,16-17H,15H2,1H3. The van der Waals surface area contributed by atoms with E-state index in [1.807, 2.05) is 61.5 Å². The molecule has 0 saturated carbocycles. The van der Waals surface area contributed by atoms with Gasteiger partial charge in [-0.1, -0.05) is 60.2 Å². The molecule has 30 heavy (non-hydrogen) atoms. The fraction of sp³-hybridized carbons (Fsp3) is 0.0769. The monoisotopic (exact) mass is 392 g/mol. The zero-order valence-corrected chi connectivity index (χ0v) is 16.6. The van der Waals surface area contributed by atoms with E-state index in [-0.39, 0.29) is 11.6 Å². The first-order valence-electron chi connectivity index (χ1n) is 9.70. The highest BCUT2D eigenvalue weighted by Gasteiger charge is 2.11.